The zero-order valence-electron chi connectivity index (χ0n) is 7.26. The molecule has 0 N–H and O–H groups in total. The molecule has 1 fully saturated rings. The van der Waals surface area contributed by atoms with E-state index in [1.165, 1.54) is 0 Å². The summed E-state index contributed by atoms with van der Waals surface area (Å²) < 4.78 is 12.3. The first kappa shape index (κ1) is 8.25. The van der Waals surface area contributed by atoms with E-state index >= 15 is 0 Å². The summed E-state index contributed by atoms with van der Waals surface area (Å²) in [6.45, 7) is -0.439. The summed E-state index contributed by atoms with van der Waals surface area (Å²) in [6, 6.07) is 7.39. The third-order valence-electron chi connectivity index (χ3n) is 2.41. The second-order valence-electron chi connectivity index (χ2n) is 3.44. The maximum absolute atomic E-state index is 12.3. The van der Waals surface area contributed by atoms with Gasteiger partial charge in [0.1, 0.15) is 6.67 Å². The number of hydrogen-bond acceptors (Lipinski definition) is 1. The third kappa shape index (κ3) is 1.55. The minimum Gasteiger partial charge on any atom is -0.246 e. The van der Waals surface area contributed by atoms with Gasteiger partial charge in [0, 0.05) is 0 Å². The Labute approximate surface area is 76.8 Å². The Bertz CT molecular complexity index is 361. The monoisotopic (exact) mass is 175 g/mol. The Kier molecular flexibility index (Phi) is 2.02. The maximum Gasteiger partial charge on any atom is 0.115 e. The first-order valence-electron chi connectivity index (χ1n) is 4.44. The van der Waals surface area contributed by atoms with Gasteiger partial charge in [0.2, 0.25) is 0 Å². The number of halogens is 1. The van der Waals surface area contributed by atoms with Crippen LogP contribution in [0.15, 0.2) is 18.2 Å². The van der Waals surface area contributed by atoms with Crippen molar-refractivity contribution in [3.63, 3.8) is 0 Å². The zero-order chi connectivity index (χ0) is 9.26. The van der Waals surface area contributed by atoms with Gasteiger partial charge in [-0.1, -0.05) is 12.1 Å². The van der Waals surface area contributed by atoms with Crippen molar-refractivity contribution in [2.75, 3.05) is 0 Å². The molecule has 0 bridgehead atoms. The summed E-state index contributed by atoms with van der Waals surface area (Å²) in [4.78, 5) is 0. The standard InChI is InChI=1S/C11H10FN/c12-6-8-1-2-10(7-13)11(5-8)9-3-4-9/h1-2,5,9H,3-4,6H2. The van der Waals surface area contributed by atoms with Crippen molar-refractivity contribution >= 4 is 0 Å². The molecule has 1 aliphatic rings. The van der Waals surface area contributed by atoms with Gasteiger partial charge < -0.3 is 0 Å². The van der Waals surface area contributed by atoms with Crippen molar-refractivity contribution in [2.45, 2.75) is 25.4 Å². The quantitative estimate of drug-likeness (QED) is 0.678. The van der Waals surface area contributed by atoms with Gasteiger partial charge in [-0.3, -0.25) is 0 Å². The van der Waals surface area contributed by atoms with Crippen molar-refractivity contribution in [1.29, 1.82) is 5.26 Å². The molecule has 0 aromatic heterocycles. The predicted octanol–water partition coefficient (Wildman–Crippen LogP) is 2.91. The van der Waals surface area contributed by atoms with Gasteiger partial charge in [-0.2, -0.15) is 5.26 Å². The Morgan fingerprint density at radius 1 is 1.46 bits per heavy atom. The molecule has 0 radical (unpaired) electrons. The van der Waals surface area contributed by atoms with Crippen LogP contribution in [0.2, 0.25) is 0 Å². The van der Waals surface area contributed by atoms with Gasteiger partial charge in [-0.15, -0.1) is 0 Å². The number of nitrogens with zero attached hydrogens (tertiary/aromatic N) is 1. The molecule has 0 spiro atoms. The highest BCUT2D eigenvalue weighted by Gasteiger charge is 2.26. The van der Waals surface area contributed by atoms with E-state index in [-0.39, 0.29) is 0 Å². The van der Waals surface area contributed by atoms with E-state index in [0.717, 1.165) is 18.4 Å². The molecule has 2 rings (SSSR count). The summed E-state index contributed by atoms with van der Waals surface area (Å²) in [6.07, 6.45) is 2.29. The van der Waals surface area contributed by atoms with Crippen molar-refractivity contribution < 1.29 is 4.39 Å². The second-order valence-corrected chi connectivity index (χ2v) is 3.44. The van der Waals surface area contributed by atoms with E-state index in [2.05, 4.69) is 6.07 Å². The van der Waals surface area contributed by atoms with Crippen LogP contribution in [0.1, 0.15) is 35.4 Å². The van der Waals surface area contributed by atoms with Gasteiger partial charge >= 0.3 is 0 Å². The number of rotatable bonds is 2. The molecule has 0 unspecified atom stereocenters. The van der Waals surface area contributed by atoms with E-state index in [4.69, 9.17) is 5.26 Å². The highest BCUT2D eigenvalue weighted by atomic mass is 19.1. The van der Waals surface area contributed by atoms with E-state index in [1.54, 1.807) is 12.1 Å². The summed E-state index contributed by atoms with van der Waals surface area (Å²) in [5.74, 6) is 0.515. The van der Waals surface area contributed by atoms with Crippen LogP contribution in [0.5, 0.6) is 0 Å². The smallest absolute Gasteiger partial charge is 0.115 e. The minimum atomic E-state index is -0.439. The Morgan fingerprint density at radius 3 is 2.77 bits per heavy atom. The Morgan fingerprint density at radius 2 is 2.23 bits per heavy atom. The maximum atomic E-state index is 12.3. The van der Waals surface area contributed by atoms with E-state index in [0.29, 0.717) is 17.0 Å². The van der Waals surface area contributed by atoms with Gasteiger partial charge in [-0.25, -0.2) is 4.39 Å². The molecule has 1 saturated carbocycles. The SMILES string of the molecule is N#Cc1ccc(CF)cc1C1CC1. The second kappa shape index (κ2) is 3.18. The molecular weight excluding hydrogens is 165 g/mol. The molecule has 1 aliphatic carbocycles. The molecule has 0 heterocycles. The normalized spacial score (nSPS) is 15.4. The number of hydrogen-bond donors (Lipinski definition) is 0. The van der Waals surface area contributed by atoms with Crippen LogP contribution in [0.25, 0.3) is 0 Å². The molecule has 0 saturated heterocycles. The van der Waals surface area contributed by atoms with Crippen LogP contribution in [0.3, 0.4) is 0 Å². The summed E-state index contributed by atoms with van der Waals surface area (Å²) in [7, 11) is 0. The molecule has 1 aromatic rings. The fourth-order valence-electron chi connectivity index (χ4n) is 1.53. The van der Waals surface area contributed by atoms with Gasteiger partial charge in [0.15, 0.2) is 0 Å². The van der Waals surface area contributed by atoms with Crippen molar-refractivity contribution in [1.82, 2.24) is 0 Å². The molecule has 13 heavy (non-hydrogen) atoms. The van der Waals surface area contributed by atoms with Crippen molar-refractivity contribution in [2.24, 2.45) is 0 Å². The van der Waals surface area contributed by atoms with Crippen molar-refractivity contribution in [3.8, 4) is 6.07 Å². The molecule has 2 heteroatoms. The average molecular weight is 175 g/mol. The molecule has 0 atom stereocenters. The summed E-state index contributed by atoms with van der Waals surface area (Å²) in [5, 5.41) is 8.81. The van der Waals surface area contributed by atoms with E-state index in [9.17, 15) is 4.39 Å². The fraction of sp³-hybridized carbons (Fsp3) is 0.364. The first-order valence-corrected chi connectivity index (χ1v) is 4.44. The van der Waals surface area contributed by atoms with Gasteiger partial charge in [0.05, 0.1) is 11.6 Å². The molecule has 1 aromatic carbocycles. The Balaban J connectivity index is 2.42. The van der Waals surface area contributed by atoms with Crippen LogP contribution < -0.4 is 0 Å². The molecule has 0 aliphatic heterocycles. The largest absolute Gasteiger partial charge is 0.246 e. The summed E-state index contributed by atoms with van der Waals surface area (Å²) in [5.41, 5.74) is 2.43. The van der Waals surface area contributed by atoms with Crippen LogP contribution in [-0.2, 0) is 6.67 Å². The molecule has 0 amide bonds. The summed E-state index contributed by atoms with van der Waals surface area (Å²) >= 11 is 0. The third-order valence-corrected chi connectivity index (χ3v) is 2.41. The number of alkyl halides is 1. The van der Waals surface area contributed by atoms with Crippen LogP contribution in [0, 0.1) is 11.3 Å². The van der Waals surface area contributed by atoms with Crippen LogP contribution in [0.4, 0.5) is 4.39 Å². The number of nitriles is 1. The number of benzene rings is 1. The van der Waals surface area contributed by atoms with E-state index in [1.807, 2.05) is 6.07 Å². The van der Waals surface area contributed by atoms with Crippen LogP contribution in [-0.4, -0.2) is 0 Å². The van der Waals surface area contributed by atoms with Gasteiger partial charge in [-0.05, 0) is 36.0 Å². The zero-order valence-corrected chi connectivity index (χ0v) is 7.26. The molecule has 1 nitrogen and oxygen atoms in total. The van der Waals surface area contributed by atoms with Gasteiger partial charge in [0.25, 0.3) is 0 Å². The van der Waals surface area contributed by atoms with Crippen molar-refractivity contribution in [3.05, 3.63) is 34.9 Å². The lowest BCUT2D eigenvalue weighted by molar-refractivity contribution is 0.485. The lowest BCUT2D eigenvalue weighted by Gasteiger charge is -2.03. The van der Waals surface area contributed by atoms with E-state index < -0.39 is 6.67 Å². The predicted molar refractivity (Wildman–Crippen MR) is 47.9 cm³/mol. The average Bonchev–Trinajstić information content (AvgIpc) is 3.00. The Hall–Kier alpha value is -1.36. The fourth-order valence-corrected chi connectivity index (χ4v) is 1.53. The molecule has 66 valence electrons. The topological polar surface area (TPSA) is 23.8 Å². The lowest BCUT2D eigenvalue weighted by atomic mass is 10.0. The molecular formula is C11H10FN. The lowest BCUT2D eigenvalue weighted by Crippen LogP contribution is -1.89. The first-order chi connectivity index (χ1) is 6.35. The minimum absolute atomic E-state index is 0.439. The van der Waals surface area contributed by atoms with Crippen LogP contribution >= 0.6 is 0 Å². The highest BCUT2D eigenvalue weighted by Crippen LogP contribution is 2.41. The highest BCUT2D eigenvalue weighted by molar-refractivity contribution is 5.43.